The van der Waals surface area contributed by atoms with E-state index in [0.717, 1.165) is 25.7 Å². The monoisotopic (exact) mass is 393 g/mol. The van der Waals surface area contributed by atoms with Crippen LogP contribution in [0.3, 0.4) is 0 Å². The molecule has 2 aliphatic rings. The van der Waals surface area contributed by atoms with E-state index in [1.165, 1.54) is 6.07 Å². The molecule has 4 rings (SSSR count). The number of halogens is 3. The van der Waals surface area contributed by atoms with Gasteiger partial charge in [-0.15, -0.1) is 0 Å². The molecule has 0 atom stereocenters. The average Bonchev–Trinajstić information content (AvgIpc) is 3.19. The number of urea groups is 1. The summed E-state index contributed by atoms with van der Waals surface area (Å²) in [6.45, 7) is 1.27. The number of amides is 2. The SMILES string of the molecule is O=C(NC1CCCC1)N1CCN(c2nc3ccccc3nc2C(F)(F)F)CC1. The molecule has 0 spiro atoms. The van der Waals surface area contributed by atoms with Crippen LogP contribution in [-0.2, 0) is 6.18 Å². The fourth-order valence-corrected chi connectivity index (χ4v) is 3.86. The van der Waals surface area contributed by atoms with Crippen LogP contribution in [0.2, 0.25) is 0 Å². The molecule has 2 amide bonds. The average molecular weight is 393 g/mol. The molecule has 1 saturated carbocycles. The van der Waals surface area contributed by atoms with Gasteiger partial charge in [0.25, 0.3) is 0 Å². The number of carbonyl (C=O) groups excluding carboxylic acids is 1. The van der Waals surface area contributed by atoms with E-state index in [9.17, 15) is 18.0 Å². The van der Waals surface area contributed by atoms with Gasteiger partial charge in [0.15, 0.2) is 11.5 Å². The molecule has 2 aromatic rings. The van der Waals surface area contributed by atoms with Crippen LogP contribution < -0.4 is 10.2 Å². The maximum atomic E-state index is 13.6. The quantitative estimate of drug-likeness (QED) is 0.849. The number of para-hydroxylation sites is 2. The predicted octanol–water partition coefficient (Wildman–Crippen LogP) is 3.42. The van der Waals surface area contributed by atoms with Crippen molar-refractivity contribution in [3.05, 3.63) is 30.0 Å². The van der Waals surface area contributed by atoms with Gasteiger partial charge in [-0.05, 0) is 25.0 Å². The van der Waals surface area contributed by atoms with E-state index >= 15 is 0 Å². The van der Waals surface area contributed by atoms with Crippen molar-refractivity contribution in [2.75, 3.05) is 31.1 Å². The van der Waals surface area contributed by atoms with Gasteiger partial charge in [-0.3, -0.25) is 0 Å². The molecule has 1 N–H and O–H groups in total. The zero-order valence-corrected chi connectivity index (χ0v) is 15.4. The Kier molecular flexibility index (Phi) is 4.99. The van der Waals surface area contributed by atoms with Crippen molar-refractivity contribution in [1.29, 1.82) is 0 Å². The molecule has 0 bridgehead atoms. The summed E-state index contributed by atoms with van der Waals surface area (Å²) in [6, 6.07) is 6.61. The Hall–Kier alpha value is -2.58. The molecule has 1 aromatic heterocycles. The molecule has 1 aliphatic carbocycles. The highest BCUT2D eigenvalue weighted by molar-refractivity contribution is 5.77. The van der Waals surface area contributed by atoms with Gasteiger partial charge in [0.1, 0.15) is 0 Å². The summed E-state index contributed by atoms with van der Waals surface area (Å²) in [4.78, 5) is 23.7. The number of piperazine rings is 1. The first-order valence-corrected chi connectivity index (χ1v) is 9.56. The van der Waals surface area contributed by atoms with Crippen LogP contribution in [0.1, 0.15) is 31.4 Å². The molecule has 2 fully saturated rings. The second kappa shape index (κ2) is 7.44. The Labute approximate surface area is 160 Å². The summed E-state index contributed by atoms with van der Waals surface area (Å²) in [5.41, 5.74) is -0.338. The summed E-state index contributed by atoms with van der Waals surface area (Å²) in [5.74, 6) is -0.165. The minimum absolute atomic E-state index is 0.132. The predicted molar refractivity (Wildman–Crippen MR) is 99.1 cm³/mol. The highest BCUT2D eigenvalue weighted by Gasteiger charge is 2.39. The Bertz CT molecular complexity index is 858. The largest absolute Gasteiger partial charge is 0.437 e. The molecule has 6 nitrogen and oxygen atoms in total. The minimum atomic E-state index is -4.59. The van der Waals surface area contributed by atoms with E-state index in [0.29, 0.717) is 18.6 Å². The van der Waals surface area contributed by atoms with Crippen LogP contribution >= 0.6 is 0 Å². The van der Waals surface area contributed by atoms with Crippen molar-refractivity contribution < 1.29 is 18.0 Å². The number of fused-ring (bicyclic) bond motifs is 1. The summed E-state index contributed by atoms with van der Waals surface area (Å²) >= 11 is 0. The molecule has 1 aromatic carbocycles. The van der Waals surface area contributed by atoms with Crippen LogP contribution in [0.5, 0.6) is 0 Å². The Morgan fingerprint density at radius 3 is 2.21 bits per heavy atom. The number of nitrogens with zero attached hydrogens (tertiary/aromatic N) is 4. The fourth-order valence-electron chi connectivity index (χ4n) is 3.86. The van der Waals surface area contributed by atoms with Gasteiger partial charge >= 0.3 is 12.2 Å². The van der Waals surface area contributed by atoms with E-state index < -0.39 is 11.9 Å². The normalized spacial score (nSPS) is 18.7. The van der Waals surface area contributed by atoms with Gasteiger partial charge in [0.2, 0.25) is 0 Å². The van der Waals surface area contributed by atoms with Crippen molar-refractivity contribution in [2.45, 2.75) is 37.9 Å². The van der Waals surface area contributed by atoms with E-state index in [4.69, 9.17) is 0 Å². The summed E-state index contributed by atoms with van der Waals surface area (Å²) in [6.07, 6.45) is -0.358. The minimum Gasteiger partial charge on any atom is -0.351 e. The van der Waals surface area contributed by atoms with Crippen molar-refractivity contribution >= 4 is 22.9 Å². The van der Waals surface area contributed by atoms with Gasteiger partial charge in [-0.1, -0.05) is 25.0 Å². The first-order valence-electron chi connectivity index (χ1n) is 9.56. The summed E-state index contributed by atoms with van der Waals surface area (Å²) in [5, 5.41) is 3.02. The van der Waals surface area contributed by atoms with Gasteiger partial charge < -0.3 is 15.1 Å². The molecule has 28 heavy (non-hydrogen) atoms. The van der Waals surface area contributed by atoms with Crippen LogP contribution in [0.15, 0.2) is 24.3 Å². The summed E-state index contributed by atoms with van der Waals surface area (Å²) in [7, 11) is 0. The second-order valence-corrected chi connectivity index (χ2v) is 7.29. The first kappa shape index (κ1) is 18.8. The zero-order chi connectivity index (χ0) is 19.7. The van der Waals surface area contributed by atoms with E-state index in [-0.39, 0.29) is 36.5 Å². The van der Waals surface area contributed by atoms with Crippen LogP contribution in [0.25, 0.3) is 11.0 Å². The number of alkyl halides is 3. The maximum absolute atomic E-state index is 13.6. The first-order chi connectivity index (χ1) is 13.4. The Morgan fingerprint density at radius 1 is 1.00 bits per heavy atom. The number of hydrogen-bond acceptors (Lipinski definition) is 4. The van der Waals surface area contributed by atoms with E-state index in [1.807, 2.05) is 0 Å². The van der Waals surface area contributed by atoms with Crippen molar-refractivity contribution in [1.82, 2.24) is 20.2 Å². The van der Waals surface area contributed by atoms with E-state index in [1.54, 1.807) is 28.0 Å². The number of benzene rings is 1. The number of aromatic nitrogens is 2. The van der Waals surface area contributed by atoms with Gasteiger partial charge in [-0.25, -0.2) is 14.8 Å². The zero-order valence-electron chi connectivity index (χ0n) is 15.4. The number of carbonyl (C=O) groups is 1. The summed E-state index contributed by atoms with van der Waals surface area (Å²) < 4.78 is 40.7. The molecule has 2 heterocycles. The molecule has 0 unspecified atom stereocenters. The van der Waals surface area contributed by atoms with E-state index in [2.05, 4.69) is 15.3 Å². The molecule has 1 aliphatic heterocycles. The highest BCUT2D eigenvalue weighted by Crippen LogP contribution is 2.35. The maximum Gasteiger partial charge on any atom is 0.437 e. The molecular weight excluding hydrogens is 371 g/mol. The number of hydrogen-bond donors (Lipinski definition) is 1. The molecule has 150 valence electrons. The molecule has 1 saturated heterocycles. The fraction of sp³-hybridized carbons (Fsp3) is 0.526. The topological polar surface area (TPSA) is 61.4 Å². The van der Waals surface area contributed by atoms with Crippen molar-refractivity contribution in [3.63, 3.8) is 0 Å². The van der Waals surface area contributed by atoms with Gasteiger partial charge in [-0.2, -0.15) is 13.2 Å². The van der Waals surface area contributed by atoms with Crippen LogP contribution in [0.4, 0.5) is 23.8 Å². The lowest BCUT2D eigenvalue weighted by molar-refractivity contribution is -0.140. The van der Waals surface area contributed by atoms with Gasteiger partial charge in [0.05, 0.1) is 11.0 Å². The lowest BCUT2D eigenvalue weighted by Crippen LogP contribution is -2.53. The third-order valence-electron chi connectivity index (χ3n) is 5.37. The van der Waals surface area contributed by atoms with Gasteiger partial charge in [0, 0.05) is 32.2 Å². The lowest BCUT2D eigenvalue weighted by Gasteiger charge is -2.36. The smallest absolute Gasteiger partial charge is 0.351 e. The third-order valence-corrected chi connectivity index (χ3v) is 5.37. The number of anilines is 1. The van der Waals surface area contributed by atoms with Crippen molar-refractivity contribution in [2.24, 2.45) is 0 Å². The molecule has 9 heteroatoms. The lowest BCUT2D eigenvalue weighted by atomic mass is 10.2. The third kappa shape index (κ3) is 3.83. The Balaban J connectivity index is 1.50. The standard InChI is InChI=1S/C19H22F3N5O/c20-19(21,22)16-17(25-15-8-4-3-7-14(15)24-16)26-9-11-27(12-10-26)18(28)23-13-5-1-2-6-13/h3-4,7-8,13H,1-2,5-6,9-12H2,(H,23,28). The van der Waals surface area contributed by atoms with Crippen molar-refractivity contribution in [3.8, 4) is 0 Å². The molecular formula is C19H22F3N5O. The second-order valence-electron chi connectivity index (χ2n) is 7.29. The number of nitrogens with one attached hydrogen (secondary N) is 1. The number of rotatable bonds is 2. The molecule has 0 radical (unpaired) electrons. The Morgan fingerprint density at radius 2 is 1.61 bits per heavy atom. The van der Waals surface area contributed by atoms with Crippen LogP contribution in [0, 0.1) is 0 Å². The highest BCUT2D eigenvalue weighted by atomic mass is 19.4. The van der Waals surface area contributed by atoms with Crippen LogP contribution in [-0.4, -0.2) is 53.1 Å².